The van der Waals surface area contributed by atoms with Gasteiger partial charge in [0.15, 0.2) is 0 Å². The van der Waals surface area contributed by atoms with Gasteiger partial charge in [-0.2, -0.15) is 0 Å². The molecule has 0 radical (unpaired) electrons. The fraction of sp³-hybridized carbons (Fsp3) is 0.538. The number of aliphatic hydroxyl groups is 2. The fourth-order valence-corrected chi connectivity index (χ4v) is 1.46. The van der Waals surface area contributed by atoms with E-state index in [1.807, 2.05) is 20.8 Å². The Labute approximate surface area is 130 Å². The molecular formula is C13H22NNaO3. The van der Waals surface area contributed by atoms with Crippen molar-refractivity contribution in [2.45, 2.75) is 39.0 Å². The first kappa shape index (κ1) is 17.9. The van der Waals surface area contributed by atoms with Crippen molar-refractivity contribution >= 4 is 29.6 Å². The van der Waals surface area contributed by atoms with Gasteiger partial charge >= 0.3 is 29.6 Å². The molecule has 1 unspecified atom stereocenters. The first-order valence-electron chi connectivity index (χ1n) is 5.69. The first-order valence-corrected chi connectivity index (χ1v) is 5.69. The van der Waals surface area contributed by atoms with Gasteiger partial charge < -0.3 is 20.6 Å². The Bertz CT molecular complexity index is 377. The van der Waals surface area contributed by atoms with Gasteiger partial charge in [0.25, 0.3) is 0 Å². The molecule has 0 amide bonds. The van der Waals surface area contributed by atoms with Crippen LogP contribution >= 0.6 is 0 Å². The maximum atomic E-state index is 9.97. The van der Waals surface area contributed by atoms with Crippen LogP contribution in [0.5, 0.6) is 5.75 Å². The second-order valence-electron chi connectivity index (χ2n) is 5.19. The Morgan fingerprint density at radius 1 is 1.28 bits per heavy atom. The number of aliphatic hydroxyl groups excluding tert-OH is 2. The molecule has 0 heterocycles. The van der Waals surface area contributed by atoms with E-state index in [2.05, 4.69) is 5.32 Å². The zero-order chi connectivity index (χ0) is 13.1. The van der Waals surface area contributed by atoms with Gasteiger partial charge in [-0.25, -0.2) is 0 Å². The summed E-state index contributed by atoms with van der Waals surface area (Å²) in [5.74, 6) is 0.0484. The third-order valence-electron chi connectivity index (χ3n) is 2.48. The van der Waals surface area contributed by atoms with E-state index in [0.29, 0.717) is 17.7 Å². The molecule has 4 nitrogen and oxygen atoms in total. The van der Waals surface area contributed by atoms with Crippen LogP contribution < -0.4 is 5.32 Å². The molecule has 1 aromatic rings. The van der Waals surface area contributed by atoms with Crippen LogP contribution in [0.15, 0.2) is 18.2 Å². The minimum atomic E-state index is -0.653. The third kappa shape index (κ3) is 5.69. The van der Waals surface area contributed by atoms with E-state index in [-0.39, 0.29) is 47.5 Å². The first-order chi connectivity index (χ1) is 7.83. The Hall–Kier alpha value is -0.100. The molecule has 0 bridgehead atoms. The summed E-state index contributed by atoms with van der Waals surface area (Å²) in [6, 6.07) is 4.76. The van der Waals surface area contributed by atoms with Crippen molar-refractivity contribution in [3.63, 3.8) is 0 Å². The topological polar surface area (TPSA) is 72.7 Å². The van der Waals surface area contributed by atoms with Gasteiger partial charge in [-0.15, -0.1) is 0 Å². The molecule has 0 saturated heterocycles. The summed E-state index contributed by atoms with van der Waals surface area (Å²) in [7, 11) is 0. The average Bonchev–Trinajstić information content (AvgIpc) is 2.25. The van der Waals surface area contributed by atoms with Crippen LogP contribution in [-0.2, 0) is 6.61 Å². The van der Waals surface area contributed by atoms with Crippen molar-refractivity contribution in [2.24, 2.45) is 0 Å². The quantitative estimate of drug-likeness (QED) is 0.602. The predicted molar refractivity (Wildman–Crippen MR) is 73.9 cm³/mol. The summed E-state index contributed by atoms with van der Waals surface area (Å²) < 4.78 is 0. The summed E-state index contributed by atoms with van der Waals surface area (Å²) in [5.41, 5.74) is 1.05. The number of rotatable bonds is 4. The predicted octanol–water partition coefficient (Wildman–Crippen LogP) is 0.657. The van der Waals surface area contributed by atoms with Crippen LogP contribution in [-0.4, -0.2) is 57.0 Å². The Morgan fingerprint density at radius 3 is 2.39 bits per heavy atom. The van der Waals surface area contributed by atoms with E-state index in [1.54, 1.807) is 12.1 Å². The molecule has 0 aliphatic heterocycles. The van der Waals surface area contributed by atoms with Crippen molar-refractivity contribution in [3.05, 3.63) is 29.3 Å². The van der Waals surface area contributed by atoms with Crippen LogP contribution in [0.3, 0.4) is 0 Å². The molecule has 0 aliphatic rings. The number of hydrogen-bond acceptors (Lipinski definition) is 4. The average molecular weight is 263 g/mol. The summed E-state index contributed by atoms with van der Waals surface area (Å²) in [5, 5.41) is 31.6. The Kier molecular flexibility index (Phi) is 7.44. The summed E-state index contributed by atoms with van der Waals surface area (Å²) in [4.78, 5) is 0. The van der Waals surface area contributed by atoms with Gasteiger partial charge in [-0.05, 0) is 38.5 Å². The van der Waals surface area contributed by atoms with Crippen molar-refractivity contribution in [2.75, 3.05) is 6.54 Å². The molecule has 0 fully saturated rings. The second-order valence-corrected chi connectivity index (χ2v) is 5.19. The van der Waals surface area contributed by atoms with E-state index in [0.717, 1.165) is 0 Å². The number of aromatic hydroxyl groups is 1. The van der Waals surface area contributed by atoms with Crippen molar-refractivity contribution in [1.29, 1.82) is 0 Å². The van der Waals surface area contributed by atoms with Crippen LogP contribution in [0.25, 0.3) is 0 Å². The van der Waals surface area contributed by atoms with E-state index in [9.17, 15) is 10.2 Å². The van der Waals surface area contributed by atoms with Gasteiger partial charge in [0.05, 0.1) is 12.7 Å². The molecule has 5 heteroatoms. The van der Waals surface area contributed by atoms with Crippen molar-refractivity contribution < 1.29 is 15.3 Å². The van der Waals surface area contributed by atoms with Crippen LogP contribution in [0.2, 0.25) is 0 Å². The molecule has 0 aliphatic carbocycles. The van der Waals surface area contributed by atoms with Gasteiger partial charge in [0.2, 0.25) is 0 Å². The van der Waals surface area contributed by atoms with Crippen LogP contribution in [0.4, 0.5) is 0 Å². The van der Waals surface area contributed by atoms with E-state index in [1.165, 1.54) is 6.07 Å². The summed E-state index contributed by atoms with van der Waals surface area (Å²) in [6.07, 6.45) is -0.653. The molecule has 4 N–H and O–H groups in total. The number of hydrogen-bond donors (Lipinski definition) is 4. The standard InChI is InChI=1S/C13H21NO3.Na.H/c1-13(2,3)14-7-12(17)9-4-5-11(16)10(6-9)8-15;;/h4-6,12,14-17H,7-8H2,1-3H3;;. The number of nitrogens with one attached hydrogen (secondary N) is 1. The zero-order valence-electron chi connectivity index (χ0n) is 10.6. The third-order valence-corrected chi connectivity index (χ3v) is 2.48. The minimum absolute atomic E-state index is 0. The molecule has 0 aromatic heterocycles. The van der Waals surface area contributed by atoms with E-state index >= 15 is 0 Å². The molecule has 1 aromatic carbocycles. The van der Waals surface area contributed by atoms with Crippen molar-refractivity contribution in [1.82, 2.24) is 5.32 Å². The van der Waals surface area contributed by atoms with Gasteiger partial charge in [-0.1, -0.05) is 6.07 Å². The zero-order valence-corrected chi connectivity index (χ0v) is 10.6. The van der Waals surface area contributed by atoms with Gasteiger partial charge in [0, 0.05) is 17.6 Å². The molecule has 98 valence electrons. The number of β-amino-alcohol motifs (C(OH)–C–C–N with tert-alkyl or cyclic N) is 1. The Morgan fingerprint density at radius 2 is 1.89 bits per heavy atom. The molecule has 18 heavy (non-hydrogen) atoms. The molecule has 1 atom stereocenters. The molecular weight excluding hydrogens is 241 g/mol. The summed E-state index contributed by atoms with van der Waals surface area (Å²) in [6.45, 7) is 6.26. The number of phenols is 1. The normalized spacial score (nSPS) is 12.9. The maximum absolute atomic E-state index is 9.97. The monoisotopic (exact) mass is 263 g/mol. The molecule has 1 rings (SSSR count). The molecule has 0 saturated carbocycles. The fourth-order valence-electron chi connectivity index (χ4n) is 1.46. The molecule has 0 spiro atoms. The van der Waals surface area contributed by atoms with E-state index in [4.69, 9.17) is 5.11 Å². The van der Waals surface area contributed by atoms with Crippen molar-refractivity contribution in [3.8, 4) is 5.75 Å². The number of benzene rings is 1. The summed E-state index contributed by atoms with van der Waals surface area (Å²) >= 11 is 0. The van der Waals surface area contributed by atoms with Crippen LogP contribution in [0, 0.1) is 0 Å². The second kappa shape index (κ2) is 7.48. The Balaban J connectivity index is 0.00000289. The van der Waals surface area contributed by atoms with Crippen LogP contribution in [0.1, 0.15) is 38.0 Å². The van der Waals surface area contributed by atoms with Gasteiger partial charge in [-0.3, -0.25) is 0 Å². The van der Waals surface area contributed by atoms with Gasteiger partial charge in [0.1, 0.15) is 5.75 Å². The SMILES string of the molecule is CC(C)(C)NCC(O)c1ccc(O)c(CO)c1.[NaH]. The van der Waals surface area contributed by atoms with E-state index < -0.39 is 6.10 Å².